The molecular weight excluding hydrogens is 444 g/mol. The number of pyridine rings is 1. The van der Waals surface area contributed by atoms with Crippen LogP contribution in [0.25, 0.3) is 21.9 Å². The van der Waals surface area contributed by atoms with Crippen LogP contribution in [-0.4, -0.2) is 66.7 Å². The number of hydrogen-bond donors (Lipinski definition) is 2. The van der Waals surface area contributed by atoms with Gasteiger partial charge in [-0.2, -0.15) is 0 Å². The largest absolute Gasteiger partial charge is 0.412 e. The summed E-state index contributed by atoms with van der Waals surface area (Å²) in [4.78, 5) is 50.9. The number of ether oxygens (including phenoxy) is 3. The molecule has 0 spiro atoms. The Morgan fingerprint density at radius 1 is 1.18 bits per heavy atom. The van der Waals surface area contributed by atoms with Crippen molar-refractivity contribution in [2.75, 3.05) is 33.0 Å². The first-order valence-electron chi connectivity index (χ1n) is 10.9. The molecule has 1 unspecified atom stereocenters. The second-order valence-electron chi connectivity index (χ2n) is 7.56. The van der Waals surface area contributed by atoms with Crippen molar-refractivity contribution >= 4 is 46.1 Å². The Kier molecular flexibility index (Phi) is 7.45. The number of carbonyl (C=O) groups is 4. The zero-order valence-corrected chi connectivity index (χ0v) is 18.3. The Bertz CT molecular complexity index is 1220. The second kappa shape index (κ2) is 10.9. The summed E-state index contributed by atoms with van der Waals surface area (Å²) >= 11 is 0. The fourth-order valence-electron chi connectivity index (χ4n) is 3.88. The van der Waals surface area contributed by atoms with Crippen molar-refractivity contribution in [1.29, 1.82) is 0 Å². The van der Waals surface area contributed by atoms with E-state index in [1.165, 1.54) is 0 Å². The first-order chi connectivity index (χ1) is 16.6. The van der Waals surface area contributed by atoms with Crippen molar-refractivity contribution in [3.63, 3.8) is 0 Å². The van der Waals surface area contributed by atoms with Crippen LogP contribution in [0.5, 0.6) is 5.75 Å². The predicted molar refractivity (Wildman–Crippen MR) is 120 cm³/mol. The highest BCUT2D eigenvalue weighted by Crippen LogP contribution is 2.35. The highest BCUT2D eigenvalue weighted by molar-refractivity contribution is 6.09. The minimum absolute atomic E-state index is 0.0283. The summed E-state index contributed by atoms with van der Waals surface area (Å²) in [6, 6.07) is 8.25. The zero-order valence-electron chi connectivity index (χ0n) is 18.3. The lowest BCUT2D eigenvalue weighted by Crippen LogP contribution is -2.41. The van der Waals surface area contributed by atoms with E-state index in [1.54, 1.807) is 30.5 Å². The fourth-order valence-corrected chi connectivity index (χ4v) is 3.88. The number of aromatic nitrogens is 2. The van der Waals surface area contributed by atoms with E-state index in [1.807, 2.05) is 10.6 Å². The van der Waals surface area contributed by atoms with Gasteiger partial charge in [0.2, 0.25) is 11.8 Å². The molecule has 3 amide bonds. The van der Waals surface area contributed by atoms with E-state index < -0.39 is 12.1 Å². The van der Waals surface area contributed by atoms with Crippen LogP contribution in [0.2, 0.25) is 0 Å². The van der Waals surface area contributed by atoms with Crippen LogP contribution < -0.4 is 15.4 Å². The van der Waals surface area contributed by atoms with Crippen LogP contribution in [0, 0.1) is 0 Å². The number of fused-ring (bicyclic) bond motifs is 3. The van der Waals surface area contributed by atoms with Gasteiger partial charge in [0.1, 0.15) is 30.3 Å². The number of rotatable bonds is 10. The minimum Gasteiger partial charge on any atom is -0.410 e. The molecular formula is C23H24N4O7. The molecule has 0 radical (unpaired) electrons. The molecule has 1 aliphatic heterocycles. The summed E-state index contributed by atoms with van der Waals surface area (Å²) in [5.74, 6) is -0.314. The highest BCUT2D eigenvalue weighted by atomic mass is 16.6. The number of nitrogens with zero attached hydrogens (tertiary/aromatic N) is 2. The number of aldehydes is 1. The number of nitrogens with one attached hydrogen (secondary N) is 2. The van der Waals surface area contributed by atoms with Crippen LogP contribution in [0.1, 0.15) is 18.9 Å². The van der Waals surface area contributed by atoms with Crippen LogP contribution in [0.3, 0.4) is 0 Å². The number of amides is 3. The molecule has 11 heteroatoms. The van der Waals surface area contributed by atoms with E-state index in [2.05, 4.69) is 15.6 Å². The smallest absolute Gasteiger partial charge is 0.410 e. The van der Waals surface area contributed by atoms with Gasteiger partial charge < -0.3 is 28.9 Å². The van der Waals surface area contributed by atoms with Gasteiger partial charge in [-0.25, -0.2) is 9.78 Å². The van der Waals surface area contributed by atoms with Gasteiger partial charge in [0.05, 0.1) is 25.3 Å². The molecule has 1 aromatic carbocycles. The molecule has 1 aliphatic rings. The molecule has 0 aliphatic carbocycles. The summed E-state index contributed by atoms with van der Waals surface area (Å²) in [7, 11) is 0. The lowest BCUT2D eigenvalue weighted by atomic mass is 10.1. The Morgan fingerprint density at radius 2 is 2.03 bits per heavy atom. The Balaban J connectivity index is 1.44. The lowest BCUT2D eigenvalue weighted by molar-refractivity contribution is -0.135. The average Bonchev–Trinajstić information content (AvgIpc) is 3.14. The van der Waals surface area contributed by atoms with Gasteiger partial charge in [-0.05, 0) is 36.8 Å². The Hall–Kier alpha value is -3.83. The van der Waals surface area contributed by atoms with E-state index >= 15 is 0 Å². The Morgan fingerprint density at radius 3 is 2.85 bits per heavy atom. The minimum atomic E-state index is -0.632. The van der Waals surface area contributed by atoms with Gasteiger partial charge in [0.25, 0.3) is 0 Å². The van der Waals surface area contributed by atoms with Crippen molar-refractivity contribution in [2.24, 2.45) is 0 Å². The summed E-state index contributed by atoms with van der Waals surface area (Å²) < 4.78 is 17.5. The number of carbonyl (C=O) groups excluding carboxylic acids is 4. The third-order valence-corrected chi connectivity index (χ3v) is 5.34. The maximum absolute atomic E-state index is 12.5. The maximum atomic E-state index is 12.5. The molecule has 1 fully saturated rings. The van der Waals surface area contributed by atoms with Crippen LogP contribution in [0.4, 0.5) is 4.79 Å². The zero-order chi connectivity index (χ0) is 23.9. The molecule has 1 atom stereocenters. The third-order valence-electron chi connectivity index (χ3n) is 5.34. The first-order valence-corrected chi connectivity index (χ1v) is 10.9. The van der Waals surface area contributed by atoms with Crippen molar-refractivity contribution in [2.45, 2.75) is 18.9 Å². The topological polar surface area (TPSA) is 138 Å². The monoisotopic (exact) mass is 468 g/mol. The summed E-state index contributed by atoms with van der Waals surface area (Å²) in [6.45, 7) is 1.15. The lowest BCUT2D eigenvalue weighted by Gasteiger charge is -2.23. The number of benzene rings is 1. The van der Waals surface area contributed by atoms with Crippen molar-refractivity contribution in [1.82, 2.24) is 20.2 Å². The van der Waals surface area contributed by atoms with E-state index in [9.17, 15) is 19.2 Å². The molecule has 3 aromatic rings. The van der Waals surface area contributed by atoms with Gasteiger partial charge in [0.15, 0.2) is 0 Å². The third kappa shape index (κ3) is 5.21. The predicted octanol–water partition coefficient (Wildman–Crippen LogP) is 1.49. The SMILES string of the molecule is O=CCOCCOCCNC(=O)Oc1ccc2c(c1)c1cccnc1n2C1CCC(=O)NC1=O. The van der Waals surface area contributed by atoms with Crippen LogP contribution in [-0.2, 0) is 23.9 Å². The van der Waals surface area contributed by atoms with Crippen molar-refractivity contribution in [3.05, 3.63) is 36.5 Å². The van der Waals surface area contributed by atoms with Gasteiger partial charge in [-0.15, -0.1) is 0 Å². The summed E-state index contributed by atoms with van der Waals surface area (Å²) in [6.07, 6.45) is 2.31. The van der Waals surface area contributed by atoms with E-state index in [4.69, 9.17) is 14.2 Å². The van der Waals surface area contributed by atoms with E-state index in [0.29, 0.717) is 37.3 Å². The average molecular weight is 468 g/mol. The maximum Gasteiger partial charge on any atom is 0.412 e. The van der Waals surface area contributed by atoms with Gasteiger partial charge in [-0.3, -0.25) is 14.9 Å². The van der Waals surface area contributed by atoms with E-state index in [-0.39, 0.29) is 38.0 Å². The molecule has 178 valence electrons. The molecule has 2 aromatic heterocycles. The number of imide groups is 1. The van der Waals surface area contributed by atoms with E-state index in [0.717, 1.165) is 16.3 Å². The standard InChI is InChI=1S/C23H24N4O7/c28-9-11-33-13-12-32-10-8-25-23(31)34-15-3-4-18-17(14-15)16-2-1-7-24-21(16)27(18)19-5-6-20(29)26-22(19)30/h1-4,7,9,14,19H,5-6,8,10-13H2,(H,25,31)(H,26,29,30). The molecule has 1 saturated heterocycles. The molecule has 2 N–H and O–H groups in total. The molecule has 0 saturated carbocycles. The molecule has 11 nitrogen and oxygen atoms in total. The number of piperidine rings is 1. The fraction of sp³-hybridized carbons (Fsp3) is 0.348. The van der Waals surface area contributed by atoms with Crippen LogP contribution in [0.15, 0.2) is 36.5 Å². The quantitative estimate of drug-likeness (QED) is 0.259. The van der Waals surface area contributed by atoms with Crippen molar-refractivity contribution < 1.29 is 33.4 Å². The van der Waals surface area contributed by atoms with Gasteiger partial charge >= 0.3 is 6.09 Å². The molecule has 3 heterocycles. The summed E-state index contributed by atoms with van der Waals surface area (Å²) in [5.41, 5.74) is 1.36. The van der Waals surface area contributed by atoms with Crippen LogP contribution >= 0.6 is 0 Å². The first kappa shape index (κ1) is 23.3. The molecule has 34 heavy (non-hydrogen) atoms. The normalized spacial score (nSPS) is 15.9. The van der Waals surface area contributed by atoms with Crippen molar-refractivity contribution in [3.8, 4) is 5.75 Å². The Labute approximate surface area is 194 Å². The second-order valence-corrected chi connectivity index (χ2v) is 7.56. The number of hydrogen-bond acceptors (Lipinski definition) is 8. The highest BCUT2D eigenvalue weighted by Gasteiger charge is 2.31. The van der Waals surface area contributed by atoms with Gasteiger partial charge in [-0.1, -0.05) is 0 Å². The van der Waals surface area contributed by atoms with Gasteiger partial charge in [0, 0.05) is 29.9 Å². The summed E-state index contributed by atoms with van der Waals surface area (Å²) in [5, 5.41) is 6.57. The molecule has 0 bridgehead atoms. The molecule has 4 rings (SSSR count).